The summed E-state index contributed by atoms with van der Waals surface area (Å²) in [6.45, 7) is 0.681. The van der Waals surface area contributed by atoms with Gasteiger partial charge in [-0.3, -0.25) is 9.59 Å². The molecule has 2 atom stereocenters. The van der Waals surface area contributed by atoms with Gasteiger partial charge in [-0.1, -0.05) is 43.2 Å². The number of carboxylic acid groups (broad SMARTS) is 1. The van der Waals surface area contributed by atoms with Crippen molar-refractivity contribution >= 4 is 11.9 Å². The number of unbranched alkanes of at least 4 members (excludes halogenated alkanes) is 3. The third-order valence-corrected chi connectivity index (χ3v) is 5.90. The van der Waals surface area contributed by atoms with Crippen molar-refractivity contribution < 1.29 is 19.8 Å². The summed E-state index contributed by atoms with van der Waals surface area (Å²) in [4.78, 5) is 24.7. The molecular formula is C25H32N2O4. The number of aliphatic hydroxyl groups is 1. The minimum Gasteiger partial charge on any atom is -0.481 e. The summed E-state index contributed by atoms with van der Waals surface area (Å²) in [5.74, 6) is -0.604. The Bertz CT molecular complexity index is 918. The van der Waals surface area contributed by atoms with E-state index >= 15 is 0 Å². The van der Waals surface area contributed by atoms with Crippen LogP contribution in [0, 0.1) is 0 Å². The molecule has 1 aliphatic rings. The molecule has 166 valence electrons. The monoisotopic (exact) mass is 424 g/mol. The largest absolute Gasteiger partial charge is 0.481 e. The predicted molar refractivity (Wildman–Crippen MR) is 120 cm³/mol. The highest BCUT2D eigenvalue weighted by atomic mass is 16.4. The van der Waals surface area contributed by atoms with Gasteiger partial charge in [0.2, 0.25) is 5.91 Å². The molecule has 2 unspecified atom stereocenters. The molecule has 0 bridgehead atoms. The molecule has 2 N–H and O–H groups in total. The van der Waals surface area contributed by atoms with Crippen LogP contribution in [0.4, 0.5) is 0 Å². The Balaban J connectivity index is 1.55. The average molecular weight is 425 g/mol. The molecule has 1 aliphatic heterocycles. The molecule has 3 rings (SSSR count). The summed E-state index contributed by atoms with van der Waals surface area (Å²) in [6.07, 6.45) is 9.85. The molecule has 6 heteroatoms. The Morgan fingerprint density at radius 2 is 2.00 bits per heavy atom. The van der Waals surface area contributed by atoms with E-state index in [0.29, 0.717) is 19.4 Å². The van der Waals surface area contributed by atoms with Gasteiger partial charge in [0.25, 0.3) is 0 Å². The summed E-state index contributed by atoms with van der Waals surface area (Å²) < 4.78 is 2.05. The number of hydrogen-bond acceptors (Lipinski definition) is 3. The van der Waals surface area contributed by atoms with Gasteiger partial charge in [0.05, 0.1) is 12.1 Å². The van der Waals surface area contributed by atoms with Crippen LogP contribution in [0.2, 0.25) is 0 Å². The SMILES string of the molecule is Cn1cccc1-c1cccc(C(O)C=CC2CCC(=O)N2CCCCCCC(=O)O)c1. The maximum atomic E-state index is 12.3. The summed E-state index contributed by atoms with van der Waals surface area (Å²) >= 11 is 0. The minimum absolute atomic E-state index is 0.0113. The van der Waals surface area contributed by atoms with Crippen molar-refractivity contribution in [3.8, 4) is 11.3 Å². The lowest BCUT2D eigenvalue weighted by Gasteiger charge is -2.22. The van der Waals surface area contributed by atoms with Crippen molar-refractivity contribution in [1.82, 2.24) is 9.47 Å². The van der Waals surface area contributed by atoms with E-state index in [2.05, 4.69) is 0 Å². The number of nitrogens with zero attached hydrogens (tertiary/aromatic N) is 2. The number of hydrogen-bond donors (Lipinski definition) is 2. The van der Waals surface area contributed by atoms with Gasteiger partial charge in [0.1, 0.15) is 0 Å². The molecule has 6 nitrogen and oxygen atoms in total. The second kappa shape index (κ2) is 11.0. The fraction of sp³-hybridized carbons (Fsp3) is 0.440. The first kappa shape index (κ1) is 22.8. The number of aryl methyl sites for hydroxylation is 1. The van der Waals surface area contributed by atoms with Crippen molar-refractivity contribution in [2.45, 2.75) is 57.1 Å². The first-order chi connectivity index (χ1) is 15.0. The number of likely N-dealkylation sites (tertiary alicyclic amines) is 1. The second-order valence-electron chi connectivity index (χ2n) is 8.21. The van der Waals surface area contributed by atoms with Gasteiger partial charge in [0.15, 0.2) is 0 Å². The van der Waals surface area contributed by atoms with Crippen LogP contribution in [0.25, 0.3) is 11.3 Å². The minimum atomic E-state index is -0.757. The van der Waals surface area contributed by atoms with Crippen LogP contribution < -0.4 is 0 Å². The second-order valence-corrected chi connectivity index (χ2v) is 8.21. The van der Waals surface area contributed by atoms with Crippen LogP contribution in [0.3, 0.4) is 0 Å². The zero-order valence-electron chi connectivity index (χ0n) is 18.1. The molecular weight excluding hydrogens is 392 g/mol. The van der Waals surface area contributed by atoms with Gasteiger partial charge in [-0.2, -0.15) is 0 Å². The first-order valence-corrected chi connectivity index (χ1v) is 11.0. The van der Waals surface area contributed by atoms with E-state index in [1.165, 1.54) is 0 Å². The van der Waals surface area contributed by atoms with Crippen molar-refractivity contribution in [3.05, 3.63) is 60.3 Å². The maximum Gasteiger partial charge on any atom is 0.303 e. The molecule has 2 aromatic rings. The Labute approximate surface area is 183 Å². The van der Waals surface area contributed by atoms with Gasteiger partial charge in [-0.05, 0) is 48.6 Å². The number of carbonyl (C=O) groups is 2. The van der Waals surface area contributed by atoms with Crippen LogP contribution in [-0.2, 0) is 16.6 Å². The number of amides is 1. The van der Waals surface area contributed by atoms with E-state index < -0.39 is 12.1 Å². The highest BCUT2D eigenvalue weighted by Gasteiger charge is 2.28. The molecule has 31 heavy (non-hydrogen) atoms. The standard InChI is InChI=1S/C25H32N2O4/c1-26-16-7-10-22(26)19-8-6-9-20(18-19)23(28)14-12-21-13-15-24(29)27(21)17-5-3-2-4-11-25(30)31/h6-10,12,14,16,18,21,23,28H,2-5,11,13,15,17H2,1H3,(H,30,31). The number of benzene rings is 1. The molecule has 1 amide bonds. The summed E-state index contributed by atoms with van der Waals surface area (Å²) in [5.41, 5.74) is 2.97. The quantitative estimate of drug-likeness (QED) is 0.416. The highest BCUT2D eigenvalue weighted by molar-refractivity contribution is 5.79. The molecule has 0 radical (unpaired) electrons. The van der Waals surface area contributed by atoms with E-state index in [0.717, 1.165) is 42.5 Å². The van der Waals surface area contributed by atoms with Gasteiger partial charge < -0.3 is 19.7 Å². The van der Waals surface area contributed by atoms with E-state index in [9.17, 15) is 14.7 Å². The Morgan fingerprint density at radius 3 is 2.74 bits per heavy atom. The number of carboxylic acids is 1. The molecule has 0 spiro atoms. The first-order valence-electron chi connectivity index (χ1n) is 11.0. The third kappa shape index (κ3) is 6.31. The average Bonchev–Trinajstić information content (AvgIpc) is 3.34. The van der Waals surface area contributed by atoms with E-state index in [1.54, 1.807) is 6.08 Å². The Morgan fingerprint density at radius 1 is 1.19 bits per heavy atom. The zero-order chi connectivity index (χ0) is 22.2. The van der Waals surface area contributed by atoms with Crippen molar-refractivity contribution in [2.75, 3.05) is 6.54 Å². The topological polar surface area (TPSA) is 82.8 Å². The normalized spacial score (nSPS) is 17.5. The number of rotatable bonds is 11. The van der Waals surface area contributed by atoms with E-state index in [1.807, 2.05) is 65.2 Å². The maximum absolute atomic E-state index is 12.3. The number of aromatic nitrogens is 1. The fourth-order valence-corrected chi connectivity index (χ4v) is 4.15. The van der Waals surface area contributed by atoms with Gasteiger partial charge in [0, 0.05) is 38.3 Å². The van der Waals surface area contributed by atoms with Gasteiger partial charge >= 0.3 is 5.97 Å². The summed E-state index contributed by atoms with van der Waals surface area (Å²) in [5, 5.41) is 19.4. The van der Waals surface area contributed by atoms with Crippen molar-refractivity contribution in [3.63, 3.8) is 0 Å². The van der Waals surface area contributed by atoms with E-state index in [-0.39, 0.29) is 18.4 Å². The molecule has 1 fully saturated rings. The lowest BCUT2D eigenvalue weighted by atomic mass is 10.0. The van der Waals surface area contributed by atoms with Crippen LogP contribution >= 0.6 is 0 Å². The zero-order valence-corrected chi connectivity index (χ0v) is 18.1. The Hall–Kier alpha value is -2.86. The lowest BCUT2D eigenvalue weighted by Crippen LogP contribution is -2.32. The third-order valence-electron chi connectivity index (χ3n) is 5.90. The molecule has 0 saturated carbocycles. The summed E-state index contributed by atoms with van der Waals surface area (Å²) in [6, 6.07) is 11.9. The fourth-order valence-electron chi connectivity index (χ4n) is 4.15. The van der Waals surface area contributed by atoms with Crippen LogP contribution in [0.1, 0.15) is 56.6 Å². The summed E-state index contributed by atoms with van der Waals surface area (Å²) in [7, 11) is 2.00. The Kier molecular flexibility index (Phi) is 8.06. The molecule has 1 aromatic heterocycles. The van der Waals surface area contributed by atoms with Gasteiger partial charge in [-0.25, -0.2) is 0 Å². The van der Waals surface area contributed by atoms with Crippen molar-refractivity contribution in [1.29, 1.82) is 0 Å². The van der Waals surface area contributed by atoms with Crippen LogP contribution in [0.15, 0.2) is 54.7 Å². The lowest BCUT2D eigenvalue weighted by molar-refractivity contribution is -0.137. The number of carbonyl (C=O) groups excluding carboxylic acids is 1. The van der Waals surface area contributed by atoms with Crippen molar-refractivity contribution in [2.24, 2.45) is 7.05 Å². The van der Waals surface area contributed by atoms with Crippen LogP contribution in [0.5, 0.6) is 0 Å². The predicted octanol–water partition coefficient (Wildman–Crippen LogP) is 4.31. The molecule has 1 aromatic carbocycles. The van der Waals surface area contributed by atoms with Gasteiger partial charge in [-0.15, -0.1) is 0 Å². The number of aliphatic hydroxyl groups excluding tert-OH is 1. The molecule has 0 aliphatic carbocycles. The highest BCUT2D eigenvalue weighted by Crippen LogP contribution is 2.26. The number of aliphatic carboxylic acids is 1. The smallest absolute Gasteiger partial charge is 0.303 e. The molecule has 1 saturated heterocycles. The van der Waals surface area contributed by atoms with E-state index in [4.69, 9.17) is 5.11 Å². The molecule has 2 heterocycles. The van der Waals surface area contributed by atoms with Crippen LogP contribution in [-0.4, -0.2) is 44.1 Å².